The van der Waals surface area contributed by atoms with Crippen molar-refractivity contribution < 1.29 is 0 Å². The van der Waals surface area contributed by atoms with Gasteiger partial charge in [0.05, 0.1) is 0 Å². The third-order valence-electron chi connectivity index (χ3n) is 11.2. The summed E-state index contributed by atoms with van der Waals surface area (Å²) in [6.07, 6.45) is 4.48. The van der Waals surface area contributed by atoms with Crippen LogP contribution >= 0.6 is 0 Å². The molecule has 0 saturated heterocycles. The first-order chi connectivity index (χ1) is 17.0. The molecule has 0 bridgehead atoms. The van der Waals surface area contributed by atoms with E-state index in [9.17, 15) is 0 Å². The zero-order valence-corrected chi connectivity index (χ0v) is 23.8. The van der Waals surface area contributed by atoms with Gasteiger partial charge in [0.25, 0.3) is 0 Å². The smallest absolute Gasteiger partial charge is 0.000755 e. The molecule has 0 atom stereocenters. The fourth-order valence-corrected chi connectivity index (χ4v) is 8.52. The van der Waals surface area contributed by atoms with Crippen LogP contribution in [-0.4, -0.2) is 0 Å². The molecule has 4 aliphatic carbocycles. The minimum atomic E-state index is 1.12. The van der Waals surface area contributed by atoms with Crippen LogP contribution in [0.15, 0.2) is 0 Å². The molecule has 0 heterocycles. The van der Waals surface area contributed by atoms with Gasteiger partial charge in [-0.05, 0) is 217 Å². The molecule has 4 aliphatic rings. The Labute approximate surface area is 217 Å². The first-order valence-corrected chi connectivity index (χ1v) is 13.8. The molecular weight excluding hydrogens is 432 g/mol. The molecule has 0 radical (unpaired) electrons. The summed E-state index contributed by atoms with van der Waals surface area (Å²) in [5, 5.41) is 0. The van der Waals surface area contributed by atoms with E-state index in [1.54, 1.807) is 77.9 Å². The van der Waals surface area contributed by atoms with Crippen molar-refractivity contribution in [3.63, 3.8) is 0 Å². The molecule has 3 aromatic rings. The van der Waals surface area contributed by atoms with E-state index in [0.717, 1.165) is 25.7 Å². The van der Waals surface area contributed by atoms with Crippen LogP contribution in [0.4, 0.5) is 0 Å². The Hall–Kier alpha value is -2.86. The fourth-order valence-electron chi connectivity index (χ4n) is 8.52. The minimum absolute atomic E-state index is 1.12. The summed E-state index contributed by atoms with van der Waals surface area (Å²) in [4.78, 5) is 0. The standard InChI is InChI=1S/C36H38/c1-15-17(3)21(7)33-25(19(15)5)11-31-29(33)13-27-24(10)36-28(23(9)35(27)31)14-30-32(36)12-26-20(6)16(2)18(4)22(8)34(26)30/h11-14H2,1-10H3. The lowest BCUT2D eigenvalue weighted by Crippen LogP contribution is -2.08. The van der Waals surface area contributed by atoms with Crippen LogP contribution in [0.2, 0.25) is 0 Å². The maximum atomic E-state index is 2.44. The third kappa shape index (κ3) is 2.37. The second kappa shape index (κ2) is 6.91. The normalized spacial score (nSPS) is 16.5. The summed E-state index contributed by atoms with van der Waals surface area (Å²) in [6.45, 7) is 23.6. The number of fused-ring (bicyclic) bond motifs is 8. The van der Waals surface area contributed by atoms with Gasteiger partial charge in [0.1, 0.15) is 0 Å². The number of allylic oxidation sites excluding steroid dienone is 4. The highest BCUT2D eigenvalue weighted by Gasteiger charge is 2.40. The molecule has 7 rings (SSSR count). The van der Waals surface area contributed by atoms with Gasteiger partial charge >= 0.3 is 0 Å². The maximum Gasteiger partial charge on any atom is -0.000755 e. The van der Waals surface area contributed by atoms with Gasteiger partial charge in [0.15, 0.2) is 0 Å². The van der Waals surface area contributed by atoms with Crippen molar-refractivity contribution in [3.05, 3.63) is 100 Å². The Kier molecular flexibility index (Phi) is 4.29. The molecule has 36 heavy (non-hydrogen) atoms. The van der Waals surface area contributed by atoms with Gasteiger partial charge in [-0.3, -0.25) is 0 Å². The summed E-state index contributed by atoms with van der Waals surface area (Å²) in [5.41, 5.74) is 34.6. The van der Waals surface area contributed by atoms with E-state index in [2.05, 4.69) is 69.2 Å². The molecule has 0 unspecified atom stereocenters. The van der Waals surface area contributed by atoms with E-state index in [4.69, 9.17) is 0 Å². The lowest BCUT2D eigenvalue weighted by atomic mass is 9.81. The maximum absolute atomic E-state index is 2.44. The van der Waals surface area contributed by atoms with Gasteiger partial charge in [0, 0.05) is 0 Å². The van der Waals surface area contributed by atoms with E-state index in [1.807, 2.05) is 0 Å². The summed E-state index contributed by atoms with van der Waals surface area (Å²) < 4.78 is 0. The Bertz CT molecular complexity index is 1570. The van der Waals surface area contributed by atoms with E-state index in [1.165, 1.54) is 44.5 Å². The monoisotopic (exact) mass is 470 g/mol. The van der Waals surface area contributed by atoms with E-state index >= 15 is 0 Å². The first-order valence-electron chi connectivity index (χ1n) is 13.8. The Morgan fingerprint density at radius 3 is 0.778 bits per heavy atom. The van der Waals surface area contributed by atoms with Crippen molar-refractivity contribution in [1.82, 2.24) is 0 Å². The van der Waals surface area contributed by atoms with E-state index in [0.29, 0.717) is 0 Å². The summed E-state index contributed by atoms with van der Waals surface area (Å²) in [6, 6.07) is 0. The van der Waals surface area contributed by atoms with Gasteiger partial charge < -0.3 is 0 Å². The van der Waals surface area contributed by atoms with Crippen molar-refractivity contribution in [2.75, 3.05) is 0 Å². The Morgan fingerprint density at radius 2 is 0.472 bits per heavy atom. The van der Waals surface area contributed by atoms with Crippen molar-refractivity contribution in [2.24, 2.45) is 0 Å². The molecule has 182 valence electrons. The van der Waals surface area contributed by atoms with Crippen LogP contribution in [-0.2, 0) is 25.7 Å². The molecular formula is C36H38. The van der Waals surface area contributed by atoms with Crippen molar-refractivity contribution in [1.29, 1.82) is 0 Å². The molecule has 0 fully saturated rings. The second-order valence-corrected chi connectivity index (χ2v) is 12.3. The number of hydrogen-bond donors (Lipinski definition) is 0. The predicted octanol–water partition coefficient (Wildman–Crippen LogP) is 8.82. The van der Waals surface area contributed by atoms with Gasteiger partial charge in [-0.1, -0.05) is 0 Å². The van der Waals surface area contributed by atoms with E-state index < -0.39 is 0 Å². The predicted molar refractivity (Wildman–Crippen MR) is 155 cm³/mol. The quantitative estimate of drug-likeness (QED) is 0.308. The molecule has 0 aliphatic heterocycles. The van der Waals surface area contributed by atoms with Gasteiger partial charge in [0.2, 0.25) is 0 Å². The number of hydrogen-bond acceptors (Lipinski definition) is 0. The lowest BCUT2D eigenvalue weighted by molar-refractivity contribution is 1.09. The zero-order chi connectivity index (χ0) is 25.5. The van der Waals surface area contributed by atoms with Crippen molar-refractivity contribution >= 4 is 22.3 Å². The van der Waals surface area contributed by atoms with Crippen LogP contribution < -0.4 is 0 Å². The molecule has 0 amide bonds. The van der Waals surface area contributed by atoms with Crippen LogP contribution in [0.25, 0.3) is 22.3 Å². The Balaban J connectivity index is 1.40. The first kappa shape index (κ1) is 22.3. The average Bonchev–Trinajstić information content (AvgIpc) is 3.59. The molecule has 0 saturated carbocycles. The SMILES string of the molecule is Cc1c(C)c(C)c2c(c1C)CC1=C2Cc2c(C)c3c(c(C)c21)CC1=C3Cc2c(C)c(C)c(C)c(C)c21. The molecule has 0 aromatic heterocycles. The lowest BCUT2D eigenvalue weighted by Gasteiger charge is -2.22. The molecule has 0 nitrogen and oxygen atoms in total. The van der Waals surface area contributed by atoms with Crippen molar-refractivity contribution in [3.8, 4) is 0 Å². The molecule has 0 spiro atoms. The number of benzene rings is 3. The molecule has 3 aromatic carbocycles. The Morgan fingerprint density at radius 1 is 0.250 bits per heavy atom. The molecule has 0 N–H and O–H groups in total. The molecule has 0 heteroatoms. The highest BCUT2D eigenvalue weighted by atomic mass is 14.4. The second-order valence-electron chi connectivity index (χ2n) is 12.3. The largest absolute Gasteiger partial charge is 0.0447 e. The summed E-state index contributed by atoms with van der Waals surface area (Å²) >= 11 is 0. The summed E-state index contributed by atoms with van der Waals surface area (Å²) in [7, 11) is 0. The van der Waals surface area contributed by atoms with Crippen LogP contribution in [0, 0.1) is 69.2 Å². The van der Waals surface area contributed by atoms with E-state index in [-0.39, 0.29) is 0 Å². The van der Waals surface area contributed by atoms with Gasteiger partial charge in [-0.2, -0.15) is 0 Å². The third-order valence-corrected chi connectivity index (χ3v) is 11.2. The topological polar surface area (TPSA) is 0 Å². The van der Waals surface area contributed by atoms with Crippen LogP contribution in [0.5, 0.6) is 0 Å². The zero-order valence-electron chi connectivity index (χ0n) is 23.8. The number of rotatable bonds is 0. The summed E-state index contributed by atoms with van der Waals surface area (Å²) in [5.74, 6) is 0. The highest BCUT2D eigenvalue weighted by Crippen LogP contribution is 2.57. The average molecular weight is 471 g/mol. The fraction of sp³-hybridized carbons (Fsp3) is 0.389. The van der Waals surface area contributed by atoms with Gasteiger partial charge in [-0.15, -0.1) is 0 Å². The minimum Gasteiger partial charge on any atom is -0.0447 e. The van der Waals surface area contributed by atoms with Crippen LogP contribution in [0.1, 0.15) is 100 Å². The van der Waals surface area contributed by atoms with Crippen molar-refractivity contribution in [2.45, 2.75) is 94.9 Å². The van der Waals surface area contributed by atoms with Crippen LogP contribution in [0.3, 0.4) is 0 Å². The highest BCUT2D eigenvalue weighted by molar-refractivity contribution is 6.09. The van der Waals surface area contributed by atoms with Gasteiger partial charge in [-0.25, -0.2) is 0 Å².